The van der Waals surface area contributed by atoms with Crippen LogP contribution in [0.5, 0.6) is 0 Å². The van der Waals surface area contributed by atoms with Crippen molar-refractivity contribution in [3.8, 4) is 0 Å². The average molecular weight is 1210 g/mol. The van der Waals surface area contributed by atoms with Gasteiger partial charge in [0.05, 0.1) is 26.4 Å². The lowest BCUT2D eigenvalue weighted by Crippen LogP contribution is -2.30. The molecule has 0 radical (unpaired) electrons. The molecule has 19 heteroatoms. The van der Waals surface area contributed by atoms with Crippen LogP contribution in [0.2, 0.25) is 0 Å². The number of phosphoric ester groups is 2. The highest BCUT2D eigenvalue weighted by molar-refractivity contribution is 7.47. The summed E-state index contributed by atoms with van der Waals surface area (Å²) >= 11 is 0. The van der Waals surface area contributed by atoms with Crippen LogP contribution in [0.4, 0.5) is 0 Å². The zero-order valence-corrected chi connectivity index (χ0v) is 53.9. The fourth-order valence-corrected chi connectivity index (χ4v) is 10.4. The van der Waals surface area contributed by atoms with Gasteiger partial charge in [0.15, 0.2) is 12.2 Å². The first-order valence-corrected chi connectivity index (χ1v) is 35.4. The molecule has 0 aromatic heterocycles. The third kappa shape index (κ3) is 56.7. The lowest BCUT2D eigenvalue weighted by atomic mass is 10.0. The van der Waals surface area contributed by atoms with Gasteiger partial charge in [-0.05, 0) is 57.3 Å². The first kappa shape index (κ1) is 79.5. The van der Waals surface area contributed by atoms with Gasteiger partial charge in [0.2, 0.25) is 0 Å². The molecule has 0 aromatic carbocycles. The van der Waals surface area contributed by atoms with E-state index in [9.17, 15) is 43.2 Å². The molecule has 82 heavy (non-hydrogen) atoms. The second-order valence-corrected chi connectivity index (χ2v) is 25.5. The first-order valence-electron chi connectivity index (χ1n) is 32.5. The summed E-state index contributed by atoms with van der Waals surface area (Å²) in [4.78, 5) is 71.6. The number of esters is 4. The highest BCUT2D eigenvalue weighted by atomic mass is 31.2. The van der Waals surface area contributed by atoms with Crippen molar-refractivity contribution in [1.29, 1.82) is 0 Å². The molecule has 0 saturated carbocycles. The minimum Gasteiger partial charge on any atom is -0.462 e. The first-order chi connectivity index (χ1) is 39.5. The number of ether oxygens (including phenoxy) is 4. The van der Waals surface area contributed by atoms with E-state index in [4.69, 9.17) is 37.0 Å². The molecule has 3 N–H and O–H groups in total. The summed E-state index contributed by atoms with van der Waals surface area (Å²) in [7, 11) is -9.88. The quantitative estimate of drug-likeness (QED) is 0.0169. The summed E-state index contributed by atoms with van der Waals surface area (Å²) in [6.07, 6.45) is 43.4. The van der Waals surface area contributed by atoms with Crippen molar-refractivity contribution < 1.29 is 80.2 Å². The van der Waals surface area contributed by atoms with E-state index in [0.717, 1.165) is 121 Å². The minimum atomic E-state index is -4.95. The normalized spacial score (nSPS) is 14.5. The molecule has 0 spiro atoms. The Hall–Kier alpha value is -2.46. The fourth-order valence-electron chi connectivity index (χ4n) is 8.87. The summed E-state index contributed by atoms with van der Waals surface area (Å²) in [5.74, 6) is -1.39. The van der Waals surface area contributed by atoms with Crippen molar-refractivity contribution in [2.45, 2.75) is 310 Å². The van der Waals surface area contributed by atoms with Gasteiger partial charge in [-0.1, -0.05) is 239 Å². The molecule has 0 aliphatic heterocycles. The molecule has 0 fully saturated rings. The second-order valence-electron chi connectivity index (χ2n) is 22.6. The molecule has 0 rings (SSSR count). The standard InChI is InChI=1S/C63H118O17P2/c1-6-9-12-15-16-17-18-19-20-24-27-30-33-38-42-47-61(66)74-53-59(80-63(68)49-44-39-34-31-28-25-22-21-23-26-29-32-37-40-45-56(4)5)55-78-82(71,72)76-51-57(64)50-75-81(69,70)77-54-58(79-62(67)48-43-36-14-11-8-3)52-73-60(65)46-41-35-13-10-7-2/h17-20,56-59,64H,6-16,21-55H2,1-5H3,(H,69,70)(H,71,72)/b18-17-,20-19-/t57-,58+,59+/m0/s1. The Morgan fingerprint density at radius 3 is 1.00 bits per heavy atom. The number of rotatable bonds is 61. The maximum atomic E-state index is 13.0. The molecule has 0 aromatic rings. The molecule has 0 aliphatic carbocycles. The van der Waals surface area contributed by atoms with Crippen LogP contribution in [0.3, 0.4) is 0 Å². The van der Waals surface area contributed by atoms with E-state index >= 15 is 0 Å². The van der Waals surface area contributed by atoms with Crippen LogP contribution >= 0.6 is 15.6 Å². The summed E-state index contributed by atoms with van der Waals surface area (Å²) in [5.41, 5.74) is 0. The van der Waals surface area contributed by atoms with Crippen molar-refractivity contribution in [3.05, 3.63) is 24.3 Å². The molecular formula is C63H118O17P2. The molecule has 0 aliphatic rings. The Balaban J connectivity index is 5.14. The second kappa shape index (κ2) is 56.4. The monoisotopic (exact) mass is 1210 g/mol. The molecule has 17 nitrogen and oxygen atoms in total. The molecule has 0 saturated heterocycles. The van der Waals surface area contributed by atoms with E-state index in [-0.39, 0.29) is 25.7 Å². The molecule has 0 heterocycles. The lowest BCUT2D eigenvalue weighted by molar-refractivity contribution is -0.161. The van der Waals surface area contributed by atoms with Gasteiger partial charge in [0.1, 0.15) is 19.3 Å². The Labute approximate surface area is 497 Å². The average Bonchev–Trinajstić information content (AvgIpc) is 3.45. The topological polar surface area (TPSA) is 237 Å². The van der Waals surface area contributed by atoms with E-state index in [2.05, 4.69) is 58.9 Å². The van der Waals surface area contributed by atoms with Gasteiger partial charge in [-0.3, -0.25) is 37.3 Å². The van der Waals surface area contributed by atoms with Crippen LogP contribution in [-0.2, 0) is 65.4 Å². The number of allylic oxidation sites excluding steroid dienone is 4. The molecule has 2 unspecified atom stereocenters. The Kier molecular flexibility index (Phi) is 54.7. The van der Waals surface area contributed by atoms with Gasteiger partial charge >= 0.3 is 39.5 Å². The van der Waals surface area contributed by atoms with Crippen molar-refractivity contribution in [3.63, 3.8) is 0 Å². The molecule has 0 bridgehead atoms. The van der Waals surface area contributed by atoms with Crippen LogP contribution < -0.4 is 0 Å². The van der Waals surface area contributed by atoms with E-state index in [1.807, 2.05) is 0 Å². The van der Waals surface area contributed by atoms with Gasteiger partial charge < -0.3 is 33.8 Å². The Morgan fingerprint density at radius 2 is 0.659 bits per heavy atom. The Bertz CT molecular complexity index is 1690. The maximum Gasteiger partial charge on any atom is 0.472 e. The van der Waals surface area contributed by atoms with Gasteiger partial charge in [-0.2, -0.15) is 0 Å². The van der Waals surface area contributed by atoms with Gasteiger partial charge in [-0.25, -0.2) is 9.13 Å². The van der Waals surface area contributed by atoms with Crippen LogP contribution in [-0.4, -0.2) is 96.7 Å². The number of unbranched alkanes of at least 4 members (excludes halogenated alkanes) is 30. The fraction of sp³-hybridized carbons (Fsp3) is 0.873. The number of phosphoric acid groups is 2. The number of carbonyl (C=O) groups excluding carboxylic acids is 4. The third-order valence-electron chi connectivity index (χ3n) is 13.9. The van der Waals surface area contributed by atoms with Crippen molar-refractivity contribution in [2.24, 2.45) is 5.92 Å². The van der Waals surface area contributed by atoms with Crippen molar-refractivity contribution >= 4 is 39.5 Å². The number of carbonyl (C=O) groups is 4. The summed E-state index contributed by atoms with van der Waals surface area (Å²) < 4.78 is 67.5. The largest absolute Gasteiger partial charge is 0.472 e. The van der Waals surface area contributed by atoms with Crippen LogP contribution in [0.1, 0.15) is 291 Å². The number of hydrogen-bond donors (Lipinski definition) is 3. The zero-order chi connectivity index (χ0) is 60.6. The summed E-state index contributed by atoms with van der Waals surface area (Å²) in [5, 5.41) is 10.5. The Morgan fingerprint density at radius 1 is 0.378 bits per heavy atom. The zero-order valence-electron chi connectivity index (χ0n) is 52.1. The summed E-state index contributed by atoms with van der Waals surface area (Å²) in [6, 6.07) is 0. The molecule has 0 amide bonds. The van der Waals surface area contributed by atoms with E-state index < -0.39 is 97.5 Å². The van der Waals surface area contributed by atoms with Crippen LogP contribution in [0.15, 0.2) is 24.3 Å². The SMILES string of the molecule is CCCCCC/C=C\C=C/CCCCCCCC(=O)OC[C@H](COP(=O)(O)OC[C@@H](O)COP(=O)(O)OC[C@@H](COC(=O)CCCCCCC)OC(=O)CCCCCCC)OC(=O)CCCCCCCCCCCCCCCCC(C)C. The van der Waals surface area contributed by atoms with Crippen LogP contribution in [0.25, 0.3) is 0 Å². The van der Waals surface area contributed by atoms with E-state index in [0.29, 0.717) is 25.7 Å². The highest BCUT2D eigenvalue weighted by Crippen LogP contribution is 2.45. The predicted molar refractivity (Wildman–Crippen MR) is 326 cm³/mol. The van der Waals surface area contributed by atoms with Crippen molar-refractivity contribution in [1.82, 2.24) is 0 Å². The minimum absolute atomic E-state index is 0.0965. The predicted octanol–water partition coefficient (Wildman–Crippen LogP) is 17.0. The number of aliphatic hydroxyl groups is 1. The van der Waals surface area contributed by atoms with Crippen molar-refractivity contribution in [2.75, 3.05) is 39.6 Å². The number of aliphatic hydroxyl groups excluding tert-OH is 1. The van der Waals surface area contributed by atoms with Gasteiger partial charge in [-0.15, -0.1) is 0 Å². The van der Waals surface area contributed by atoms with Crippen LogP contribution in [0, 0.1) is 5.92 Å². The van der Waals surface area contributed by atoms with Gasteiger partial charge in [0.25, 0.3) is 0 Å². The molecular weight excluding hydrogens is 1090 g/mol. The van der Waals surface area contributed by atoms with Gasteiger partial charge in [0, 0.05) is 25.7 Å². The molecule has 482 valence electrons. The molecule has 5 atom stereocenters. The third-order valence-corrected chi connectivity index (χ3v) is 15.8. The number of hydrogen-bond acceptors (Lipinski definition) is 15. The van der Waals surface area contributed by atoms with E-state index in [1.165, 1.54) is 89.9 Å². The summed E-state index contributed by atoms with van der Waals surface area (Å²) in [6.45, 7) is 6.96. The lowest BCUT2D eigenvalue weighted by Gasteiger charge is -2.21. The maximum absolute atomic E-state index is 13.0. The smallest absolute Gasteiger partial charge is 0.462 e. The van der Waals surface area contributed by atoms with E-state index in [1.54, 1.807) is 0 Å². The highest BCUT2D eigenvalue weighted by Gasteiger charge is 2.30.